The highest BCUT2D eigenvalue weighted by Gasteiger charge is 2.41. The first-order chi connectivity index (χ1) is 6.36. The van der Waals surface area contributed by atoms with Gasteiger partial charge in [0.25, 0.3) is 0 Å². The highest BCUT2D eigenvalue weighted by Crippen LogP contribution is 2.35. The average molecular weight is 199 g/mol. The Kier molecular flexibility index (Phi) is 3.59. The van der Waals surface area contributed by atoms with Crippen molar-refractivity contribution in [1.29, 1.82) is 0 Å². The normalized spacial score (nSPS) is 33.6. The summed E-state index contributed by atoms with van der Waals surface area (Å²) in [5.74, 6) is 0. The van der Waals surface area contributed by atoms with E-state index in [1.54, 1.807) is 0 Å². The first kappa shape index (κ1) is 12.0. The molecule has 0 aliphatic heterocycles. The van der Waals surface area contributed by atoms with Crippen LogP contribution in [-0.2, 0) is 0 Å². The zero-order chi connectivity index (χ0) is 10.9. The summed E-state index contributed by atoms with van der Waals surface area (Å²) in [7, 11) is 0. The van der Waals surface area contributed by atoms with Crippen LogP contribution in [0.3, 0.4) is 0 Å². The Labute approximate surface area is 88.3 Å². The van der Waals surface area contributed by atoms with Crippen molar-refractivity contribution in [2.24, 2.45) is 0 Å². The third-order valence-electron chi connectivity index (χ3n) is 3.43. The molecule has 84 valence electrons. The van der Waals surface area contributed by atoms with Crippen molar-refractivity contribution in [2.75, 3.05) is 0 Å². The minimum atomic E-state index is -0.478. The van der Waals surface area contributed by atoms with Gasteiger partial charge in [-0.3, -0.25) is 4.90 Å². The lowest BCUT2D eigenvalue weighted by Crippen LogP contribution is -2.53. The Bertz CT molecular complexity index is 179. The Hall–Kier alpha value is -0.0800. The van der Waals surface area contributed by atoms with Crippen LogP contribution in [0.15, 0.2) is 0 Å². The van der Waals surface area contributed by atoms with Gasteiger partial charge in [-0.25, -0.2) is 0 Å². The fraction of sp³-hybridized carbons (Fsp3) is 1.00. The summed E-state index contributed by atoms with van der Waals surface area (Å²) in [5, 5.41) is 10.3. The van der Waals surface area contributed by atoms with Crippen molar-refractivity contribution in [3.8, 4) is 0 Å². The van der Waals surface area contributed by atoms with Crippen LogP contribution < -0.4 is 0 Å². The van der Waals surface area contributed by atoms with Gasteiger partial charge in [0.2, 0.25) is 0 Å². The second-order valence-electron chi connectivity index (χ2n) is 5.40. The smallest absolute Gasteiger partial charge is 0.0774 e. The largest absolute Gasteiger partial charge is 0.389 e. The molecule has 0 aromatic carbocycles. The fourth-order valence-corrected chi connectivity index (χ4v) is 2.92. The minimum absolute atomic E-state index is 0.350. The predicted molar refractivity (Wildman–Crippen MR) is 60.4 cm³/mol. The molecule has 1 aliphatic carbocycles. The summed E-state index contributed by atoms with van der Waals surface area (Å²) >= 11 is 0. The molecule has 0 amide bonds. The van der Waals surface area contributed by atoms with Crippen LogP contribution in [0.1, 0.15) is 53.9 Å². The maximum Gasteiger partial charge on any atom is 0.0774 e. The van der Waals surface area contributed by atoms with Crippen LogP contribution in [0.4, 0.5) is 0 Å². The third kappa shape index (κ3) is 2.29. The Balaban J connectivity index is 2.78. The van der Waals surface area contributed by atoms with Gasteiger partial charge >= 0.3 is 0 Å². The third-order valence-corrected chi connectivity index (χ3v) is 3.43. The summed E-state index contributed by atoms with van der Waals surface area (Å²) < 4.78 is 0. The molecular formula is C12H25NO. The number of aliphatic hydroxyl groups is 1. The van der Waals surface area contributed by atoms with Crippen molar-refractivity contribution in [3.05, 3.63) is 0 Å². The van der Waals surface area contributed by atoms with Gasteiger partial charge in [-0.15, -0.1) is 0 Å². The van der Waals surface area contributed by atoms with E-state index < -0.39 is 5.60 Å². The monoisotopic (exact) mass is 199 g/mol. The maximum absolute atomic E-state index is 10.3. The predicted octanol–water partition coefficient (Wildman–Crippen LogP) is 2.41. The van der Waals surface area contributed by atoms with Crippen molar-refractivity contribution < 1.29 is 5.11 Å². The second kappa shape index (κ2) is 4.19. The molecule has 0 aromatic heterocycles. The van der Waals surface area contributed by atoms with E-state index in [-0.39, 0.29) is 0 Å². The summed E-state index contributed by atoms with van der Waals surface area (Å²) in [4.78, 5) is 2.45. The van der Waals surface area contributed by atoms with Crippen LogP contribution in [0, 0.1) is 0 Å². The molecule has 0 saturated heterocycles. The van der Waals surface area contributed by atoms with E-state index in [9.17, 15) is 5.11 Å². The van der Waals surface area contributed by atoms with E-state index in [0.717, 1.165) is 19.3 Å². The quantitative estimate of drug-likeness (QED) is 0.754. The lowest BCUT2D eigenvalue weighted by molar-refractivity contribution is -0.0367. The molecule has 1 rings (SSSR count). The van der Waals surface area contributed by atoms with Crippen LogP contribution in [0.25, 0.3) is 0 Å². The Morgan fingerprint density at radius 1 is 1.21 bits per heavy atom. The molecule has 2 nitrogen and oxygen atoms in total. The van der Waals surface area contributed by atoms with Gasteiger partial charge in [0.05, 0.1) is 5.60 Å². The SMILES string of the molecule is CC(C)N(C(C)C)C1CCC[C@@]1(C)O. The Morgan fingerprint density at radius 2 is 1.71 bits per heavy atom. The summed E-state index contributed by atoms with van der Waals surface area (Å²) in [5.41, 5.74) is -0.478. The van der Waals surface area contributed by atoms with Crippen molar-refractivity contribution in [1.82, 2.24) is 4.90 Å². The molecular weight excluding hydrogens is 174 g/mol. The highest BCUT2D eigenvalue weighted by molar-refractivity contribution is 4.97. The van der Waals surface area contributed by atoms with Crippen LogP contribution in [0.2, 0.25) is 0 Å². The lowest BCUT2D eigenvalue weighted by atomic mass is 9.96. The van der Waals surface area contributed by atoms with Crippen LogP contribution in [-0.4, -0.2) is 33.7 Å². The molecule has 1 aliphatic rings. The van der Waals surface area contributed by atoms with E-state index in [1.165, 1.54) is 0 Å². The molecule has 14 heavy (non-hydrogen) atoms. The van der Waals surface area contributed by atoms with Crippen molar-refractivity contribution in [3.63, 3.8) is 0 Å². The average Bonchev–Trinajstić information content (AvgIpc) is 2.29. The fourth-order valence-electron chi connectivity index (χ4n) is 2.92. The van der Waals surface area contributed by atoms with Gasteiger partial charge in [0, 0.05) is 18.1 Å². The van der Waals surface area contributed by atoms with Gasteiger partial charge in [0.1, 0.15) is 0 Å². The first-order valence-electron chi connectivity index (χ1n) is 5.86. The number of nitrogens with zero attached hydrogens (tertiary/aromatic N) is 1. The van der Waals surface area contributed by atoms with E-state index in [4.69, 9.17) is 0 Å². The molecule has 0 heterocycles. The molecule has 0 aromatic rings. The zero-order valence-corrected chi connectivity index (χ0v) is 10.2. The molecule has 1 saturated carbocycles. The summed E-state index contributed by atoms with van der Waals surface area (Å²) in [6.45, 7) is 10.9. The molecule has 2 atom stereocenters. The maximum atomic E-state index is 10.3. The Morgan fingerprint density at radius 3 is 2.00 bits per heavy atom. The van der Waals surface area contributed by atoms with Crippen LogP contribution in [0.5, 0.6) is 0 Å². The molecule has 1 fully saturated rings. The van der Waals surface area contributed by atoms with Gasteiger partial charge in [-0.05, 0) is 53.9 Å². The second-order valence-corrected chi connectivity index (χ2v) is 5.40. The van der Waals surface area contributed by atoms with Gasteiger partial charge in [0.15, 0.2) is 0 Å². The minimum Gasteiger partial charge on any atom is -0.389 e. The van der Waals surface area contributed by atoms with E-state index in [1.807, 2.05) is 6.92 Å². The zero-order valence-electron chi connectivity index (χ0n) is 10.2. The standard InChI is InChI=1S/C12H25NO/c1-9(2)13(10(3)4)11-7-6-8-12(11,5)14/h9-11,14H,6-8H2,1-5H3/t11?,12-/m1/s1. The number of rotatable bonds is 3. The first-order valence-corrected chi connectivity index (χ1v) is 5.86. The van der Waals surface area contributed by atoms with Gasteiger partial charge in [-0.2, -0.15) is 0 Å². The summed E-state index contributed by atoms with van der Waals surface area (Å²) in [6, 6.07) is 1.39. The van der Waals surface area contributed by atoms with E-state index >= 15 is 0 Å². The molecule has 0 radical (unpaired) electrons. The molecule has 0 spiro atoms. The highest BCUT2D eigenvalue weighted by atomic mass is 16.3. The van der Waals surface area contributed by atoms with Gasteiger partial charge in [-0.1, -0.05) is 0 Å². The molecule has 1 unspecified atom stereocenters. The molecule has 0 bridgehead atoms. The topological polar surface area (TPSA) is 23.5 Å². The van der Waals surface area contributed by atoms with Crippen molar-refractivity contribution >= 4 is 0 Å². The lowest BCUT2D eigenvalue weighted by Gasteiger charge is -2.41. The summed E-state index contributed by atoms with van der Waals surface area (Å²) in [6.07, 6.45) is 3.25. The molecule has 1 N–H and O–H groups in total. The van der Waals surface area contributed by atoms with Crippen LogP contribution >= 0.6 is 0 Å². The van der Waals surface area contributed by atoms with E-state index in [2.05, 4.69) is 32.6 Å². The van der Waals surface area contributed by atoms with E-state index in [0.29, 0.717) is 18.1 Å². The van der Waals surface area contributed by atoms with Gasteiger partial charge < -0.3 is 5.11 Å². The van der Waals surface area contributed by atoms with Crippen molar-refractivity contribution in [2.45, 2.75) is 77.6 Å². The number of hydrogen-bond acceptors (Lipinski definition) is 2. The number of hydrogen-bond donors (Lipinski definition) is 1. The molecule has 2 heteroatoms.